The zero-order chi connectivity index (χ0) is 26.6. The van der Waals surface area contributed by atoms with Gasteiger partial charge in [-0.3, -0.25) is 9.58 Å². The van der Waals surface area contributed by atoms with Gasteiger partial charge in [0.2, 0.25) is 5.82 Å². The van der Waals surface area contributed by atoms with Gasteiger partial charge in [0.05, 0.1) is 25.0 Å². The first-order valence-electron chi connectivity index (χ1n) is 12.4. The number of rotatable bonds is 9. The molecule has 0 amide bonds. The summed E-state index contributed by atoms with van der Waals surface area (Å²) < 4.78 is 43.9. The van der Waals surface area contributed by atoms with E-state index in [0.29, 0.717) is 31.2 Å². The van der Waals surface area contributed by atoms with Crippen LogP contribution in [-0.4, -0.2) is 79.3 Å². The van der Waals surface area contributed by atoms with E-state index in [1.165, 1.54) is 12.1 Å². The van der Waals surface area contributed by atoms with Crippen molar-refractivity contribution in [1.82, 2.24) is 39.9 Å². The number of pyridine rings is 1. The summed E-state index contributed by atoms with van der Waals surface area (Å²) in [4.78, 5) is 6.42. The Morgan fingerprint density at radius 2 is 1.92 bits per heavy atom. The molecule has 1 aliphatic rings. The van der Waals surface area contributed by atoms with Gasteiger partial charge < -0.3 is 15.2 Å². The summed E-state index contributed by atoms with van der Waals surface area (Å²) in [5, 5.41) is 16.0. The average molecular weight is 526 g/mol. The Kier molecular flexibility index (Phi) is 7.56. The monoisotopic (exact) mass is 525 g/mol. The summed E-state index contributed by atoms with van der Waals surface area (Å²) in [7, 11) is 0. The van der Waals surface area contributed by atoms with Gasteiger partial charge in [-0.1, -0.05) is 13.8 Å². The maximum Gasteiger partial charge on any atom is 0.202 e. The molecule has 3 aromatic heterocycles. The number of aromatic nitrogens is 7. The lowest BCUT2D eigenvalue weighted by Gasteiger charge is -2.26. The van der Waals surface area contributed by atoms with E-state index in [2.05, 4.69) is 44.4 Å². The zero-order valence-electron chi connectivity index (χ0n) is 21.2. The first-order chi connectivity index (χ1) is 18.4. The molecule has 5 rings (SSSR count). The Labute approximate surface area is 218 Å². The number of morpholine rings is 1. The highest BCUT2D eigenvalue weighted by Crippen LogP contribution is 2.31. The molecule has 1 aromatic carbocycles. The smallest absolute Gasteiger partial charge is 0.202 e. The fraction of sp³-hybridized carbons (Fsp3) is 0.400. The Hall–Kier alpha value is -3.97. The first kappa shape index (κ1) is 25.7. The van der Waals surface area contributed by atoms with Gasteiger partial charge in [0, 0.05) is 49.7 Å². The number of hydrogen-bond acceptors (Lipinski definition) is 9. The molecule has 0 spiro atoms. The van der Waals surface area contributed by atoms with Crippen LogP contribution < -0.4 is 10.5 Å². The van der Waals surface area contributed by atoms with Crippen LogP contribution in [0.15, 0.2) is 36.8 Å². The fourth-order valence-electron chi connectivity index (χ4n) is 4.22. The lowest BCUT2D eigenvalue weighted by atomic mass is 10.1. The maximum absolute atomic E-state index is 15.2. The van der Waals surface area contributed by atoms with Crippen molar-refractivity contribution in [2.75, 3.05) is 45.2 Å². The third kappa shape index (κ3) is 5.48. The third-order valence-corrected chi connectivity index (χ3v) is 6.17. The van der Waals surface area contributed by atoms with Crippen molar-refractivity contribution in [3.05, 3.63) is 48.4 Å². The largest absolute Gasteiger partial charge is 0.489 e. The van der Waals surface area contributed by atoms with Crippen LogP contribution in [0.25, 0.3) is 28.2 Å². The van der Waals surface area contributed by atoms with Crippen molar-refractivity contribution in [3.8, 4) is 34.0 Å². The van der Waals surface area contributed by atoms with Crippen LogP contribution in [0.5, 0.6) is 5.75 Å². The zero-order valence-corrected chi connectivity index (χ0v) is 21.2. The lowest BCUT2D eigenvalue weighted by molar-refractivity contribution is 0.0320. The van der Waals surface area contributed by atoms with Crippen molar-refractivity contribution < 1.29 is 18.3 Å². The Balaban J connectivity index is 1.39. The third-order valence-electron chi connectivity index (χ3n) is 6.17. The second-order valence-electron chi connectivity index (χ2n) is 9.43. The molecule has 1 fully saturated rings. The molecule has 4 heterocycles. The summed E-state index contributed by atoms with van der Waals surface area (Å²) in [5.74, 6) is -1.75. The molecule has 0 aliphatic carbocycles. The number of halogens is 2. The van der Waals surface area contributed by atoms with Crippen molar-refractivity contribution in [2.45, 2.75) is 20.4 Å². The summed E-state index contributed by atoms with van der Waals surface area (Å²) in [6, 6.07) is 4.48. The predicted molar refractivity (Wildman–Crippen MR) is 136 cm³/mol. The van der Waals surface area contributed by atoms with Crippen molar-refractivity contribution in [1.29, 1.82) is 0 Å². The molecule has 200 valence electrons. The fourth-order valence-corrected chi connectivity index (χ4v) is 4.22. The van der Waals surface area contributed by atoms with Crippen molar-refractivity contribution >= 4 is 5.82 Å². The van der Waals surface area contributed by atoms with E-state index in [9.17, 15) is 4.39 Å². The van der Waals surface area contributed by atoms with E-state index in [1.54, 1.807) is 18.5 Å². The van der Waals surface area contributed by atoms with Crippen LogP contribution in [0, 0.1) is 17.6 Å². The van der Waals surface area contributed by atoms with Crippen LogP contribution in [0.4, 0.5) is 14.6 Å². The minimum Gasteiger partial charge on any atom is -0.489 e. The molecular formula is C25H29F2N9O2. The Morgan fingerprint density at radius 3 is 2.71 bits per heavy atom. The molecular weight excluding hydrogens is 496 g/mol. The van der Waals surface area contributed by atoms with Gasteiger partial charge in [0.25, 0.3) is 0 Å². The molecule has 0 atom stereocenters. The second-order valence-corrected chi connectivity index (χ2v) is 9.43. The first-order valence-corrected chi connectivity index (χ1v) is 12.4. The number of benzene rings is 1. The highest BCUT2D eigenvalue weighted by atomic mass is 19.2. The van der Waals surface area contributed by atoms with Gasteiger partial charge in [-0.05, 0) is 34.5 Å². The van der Waals surface area contributed by atoms with Crippen LogP contribution in [-0.2, 0) is 11.3 Å². The van der Waals surface area contributed by atoms with Crippen LogP contribution in [0.3, 0.4) is 0 Å². The highest BCUT2D eigenvalue weighted by molar-refractivity contribution is 5.76. The SMILES string of the molecule is CC(C)Cn1cc(-c2cnc(N)c(-c3nnnn3-c3ccc(OCCN4CCOCC4)c(F)c3F)c2)cn1. The summed E-state index contributed by atoms with van der Waals surface area (Å²) in [6.07, 6.45) is 5.26. The minimum absolute atomic E-state index is 0.116. The summed E-state index contributed by atoms with van der Waals surface area (Å²) >= 11 is 0. The standard InChI is InChI=1S/C25H29F2N9O2/c1-16(2)14-35-15-18(13-30-35)17-11-19(24(28)29-12-17)25-31-32-33-36(25)20-3-4-21(23(27)22(20)26)38-10-7-34-5-8-37-9-6-34/h3-4,11-13,15-16H,5-10,14H2,1-2H3,(H2,28,29). The maximum atomic E-state index is 15.2. The lowest BCUT2D eigenvalue weighted by Crippen LogP contribution is -2.38. The average Bonchev–Trinajstić information content (AvgIpc) is 3.57. The van der Waals surface area contributed by atoms with Gasteiger partial charge >= 0.3 is 0 Å². The van der Waals surface area contributed by atoms with Crippen LogP contribution in [0.2, 0.25) is 0 Å². The second kappa shape index (κ2) is 11.2. The summed E-state index contributed by atoms with van der Waals surface area (Å²) in [5.41, 5.74) is 7.89. The number of nitrogen functional groups attached to an aromatic ring is 1. The molecule has 0 bridgehead atoms. The number of hydrogen-bond donors (Lipinski definition) is 1. The molecule has 0 unspecified atom stereocenters. The summed E-state index contributed by atoms with van der Waals surface area (Å²) in [6.45, 7) is 8.64. The molecule has 0 saturated carbocycles. The Bertz CT molecular complexity index is 1400. The molecule has 2 N–H and O–H groups in total. The van der Waals surface area contributed by atoms with Gasteiger partial charge in [-0.2, -0.15) is 14.2 Å². The molecule has 4 aromatic rings. The topological polar surface area (TPSA) is 122 Å². The van der Waals surface area contributed by atoms with Crippen molar-refractivity contribution in [2.24, 2.45) is 5.92 Å². The minimum atomic E-state index is -1.14. The highest BCUT2D eigenvalue weighted by Gasteiger charge is 2.22. The molecule has 0 radical (unpaired) electrons. The molecule has 1 aliphatic heterocycles. The van der Waals surface area contributed by atoms with E-state index in [1.807, 2.05) is 10.9 Å². The van der Waals surface area contributed by atoms with E-state index in [4.69, 9.17) is 15.2 Å². The van der Waals surface area contributed by atoms with Gasteiger partial charge in [-0.15, -0.1) is 5.10 Å². The van der Waals surface area contributed by atoms with E-state index in [-0.39, 0.29) is 29.7 Å². The Morgan fingerprint density at radius 1 is 1.11 bits per heavy atom. The van der Waals surface area contributed by atoms with Crippen molar-refractivity contribution in [3.63, 3.8) is 0 Å². The van der Waals surface area contributed by atoms with E-state index >= 15 is 4.39 Å². The molecule has 13 heteroatoms. The normalized spacial score (nSPS) is 14.3. The number of ether oxygens (including phenoxy) is 2. The van der Waals surface area contributed by atoms with Gasteiger partial charge in [0.1, 0.15) is 18.1 Å². The number of nitrogens with zero attached hydrogens (tertiary/aromatic N) is 8. The number of nitrogens with two attached hydrogens (primary N) is 1. The molecule has 11 nitrogen and oxygen atoms in total. The van der Waals surface area contributed by atoms with Crippen LogP contribution >= 0.6 is 0 Å². The quantitative estimate of drug-likeness (QED) is 0.351. The molecule has 38 heavy (non-hydrogen) atoms. The molecule has 1 saturated heterocycles. The number of anilines is 1. The van der Waals surface area contributed by atoms with E-state index in [0.717, 1.165) is 35.4 Å². The van der Waals surface area contributed by atoms with Crippen LogP contribution in [0.1, 0.15) is 13.8 Å². The van der Waals surface area contributed by atoms with Gasteiger partial charge in [0.15, 0.2) is 17.4 Å². The van der Waals surface area contributed by atoms with Gasteiger partial charge in [-0.25, -0.2) is 9.37 Å². The number of tetrazole rings is 1. The van der Waals surface area contributed by atoms with E-state index < -0.39 is 11.6 Å². The predicted octanol–water partition coefficient (Wildman–Crippen LogP) is 2.82.